The number of amides is 1. The summed E-state index contributed by atoms with van der Waals surface area (Å²) in [7, 11) is 0. The van der Waals surface area contributed by atoms with Crippen LogP contribution >= 0.6 is 23.7 Å². The van der Waals surface area contributed by atoms with Crippen molar-refractivity contribution in [1.82, 2.24) is 15.2 Å². The van der Waals surface area contributed by atoms with Crippen LogP contribution in [0.5, 0.6) is 0 Å². The molecule has 2 aliphatic heterocycles. The van der Waals surface area contributed by atoms with Crippen molar-refractivity contribution in [3.63, 3.8) is 0 Å². The van der Waals surface area contributed by atoms with Crippen LogP contribution in [0.2, 0.25) is 0 Å². The van der Waals surface area contributed by atoms with Gasteiger partial charge in [0, 0.05) is 23.9 Å². The first kappa shape index (κ1) is 12.7. The highest BCUT2D eigenvalue weighted by Crippen LogP contribution is 2.33. The Bertz CT molecular complexity index is 353. The van der Waals surface area contributed by atoms with Gasteiger partial charge in [-0.3, -0.25) is 9.79 Å². The maximum absolute atomic E-state index is 11.0. The average Bonchev–Trinajstić information content (AvgIpc) is 2.96. The molecule has 2 unspecified atom stereocenters. The fraction of sp³-hybridized carbons (Fsp3) is 0.556. The molecule has 17 heavy (non-hydrogen) atoms. The summed E-state index contributed by atoms with van der Waals surface area (Å²) in [6, 6.07) is -0.353. The maximum Gasteiger partial charge on any atom is 0.234 e. The van der Waals surface area contributed by atoms with Crippen LogP contribution in [0.15, 0.2) is 16.6 Å². The Kier molecular flexibility index (Phi) is 3.97. The van der Waals surface area contributed by atoms with E-state index in [1.165, 1.54) is 0 Å². The summed E-state index contributed by atoms with van der Waals surface area (Å²) in [6.45, 7) is 2.33. The molecule has 8 heteroatoms. The zero-order valence-corrected chi connectivity index (χ0v) is 11.1. The van der Waals surface area contributed by atoms with E-state index in [1.54, 1.807) is 30.6 Å². The zero-order chi connectivity index (χ0) is 12.3. The second-order valence-electron chi connectivity index (χ2n) is 3.86. The predicted molar refractivity (Wildman–Crippen MR) is 72.0 cm³/mol. The van der Waals surface area contributed by atoms with Gasteiger partial charge in [0.15, 0.2) is 5.66 Å². The minimum atomic E-state index is -0.372. The van der Waals surface area contributed by atoms with E-state index in [-0.39, 0.29) is 17.6 Å². The fourth-order valence-electron chi connectivity index (χ4n) is 1.48. The maximum atomic E-state index is 11.0. The summed E-state index contributed by atoms with van der Waals surface area (Å²) in [5.41, 5.74) is 9.82. The summed E-state index contributed by atoms with van der Waals surface area (Å²) in [5, 5.41) is 5.07. The van der Waals surface area contributed by atoms with Gasteiger partial charge in [-0.2, -0.15) is 0 Å². The Morgan fingerprint density at radius 3 is 3.18 bits per heavy atom. The largest absolute Gasteiger partial charge is 0.368 e. The molecule has 0 aromatic heterocycles. The van der Waals surface area contributed by atoms with Crippen LogP contribution in [0, 0.1) is 0 Å². The summed E-state index contributed by atoms with van der Waals surface area (Å²) in [4.78, 5) is 15.5. The van der Waals surface area contributed by atoms with Crippen LogP contribution in [-0.2, 0) is 4.79 Å². The number of rotatable bonds is 5. The van der Waals surface area contributed by atoms with Gasteiger partial charge >= 0.3 is 0 Å². The van der Waals surface area contributed by atoms with Crippen molar-refractivity contribution in [2.45, 2.75) is 18.6 Å². The van der Waals surface area contributed by atoms with E-state index < -0.39 is 0 Å². The van der Waals surface area contributed by atoms with Crippen LogP contribution < -0.4 is 16.5 Å². The third-order valence-corrected chi connectivity index (χ3v) is 4.40. The zero-order valence-electron chi connectivity index (χ0n) is 9.42. The van der Waals surface area contributed by atoms with E-state index in [0.717, 1.165) is 5.75 Å². The van der Waals surface area contributed by atoms with Crippen LogP contribution in [0.3, 0.4) is 0 Å². The number of hydrogen-bond donors (Lipinski definition) is 3. The lowest BCUT2D eigenvalue weighted by Crippen LogP contribution is -2.56. The number of thioether (sulfide) groups is 1. The Morgan fingerprint density at radius 2 is 2.65 bits per heavy atom. The van der Waals surface area contributed by atoms with Crippen LogP contribution in [0.1, 0.15) is 6.92 Å². The standard InChI is InChI=1S/C9H15N5OS2/c1-7(8(10)15)11-4-9(5-16-6-12-9)14-13-2-3-17-14/h2-3,6-7,11,13H,4-5H2,1H3,(H2,10,15). The number of hydrogen-bond acceptors (Lipinski definition) is 7. The van der Waals surface area contributed by atoms with Gasteiger partial charge in [-0.25, -0.2) is 0 Å². The summed E-state index contributed by atoms with van der Waals surface area (Å²) in [5.74, 6) is 0.489. The van der Waals surface area contributed by atoms with Crippen molar-refractivity contribution in [2.24, 2.45) is 10.7 Å². The normalized spacial score (nSPS) is 29.5. The Hall–Kier alpha value is -0.700. The lowest BCUT2D eigenvalue weighted by Gasteiger charge is -2.34. The number of nitrogens with zero attached hydrogens (tertiary/aromatic N) is 2. The molecule has 0 fully saturated rings. The summed E-state index contributed by atoms with van der Waals surface area (Å²) >= 11 is 3.21. The number of nitrogens with one attached hydrogen (secondary N) is 2. The van der Waals surface area contributed by atoms with Gasteiger partial charge in [0.1, 0.15) is 0 Å². The Labute approximate surface area is 109 Å². The van der Waals surface area contributed by atoms with Crippen molar-refractivity contribution in [3.05, 3.63) is 11.6 Å². The van der Waals surface area contributed by atoms with E-state index in [2.05, 4.69) is 15.7 Å². The van der Waals surface area contributed by atoms with Crippen molar-refractivity contribution in [1.29, 1.82) is 0 Å². The molecule has 0 spiro atoms. The number of hydrazine groups is 1. The molecule has 2 heterocycles. The molecule has 0 saturated carbocycles. The third kappa shape index (κ3) is 2.76. The molecule has 0 radical (unpaired) electrons. The van der Waals surface area contributed by atoms with E-state index >= 15 is 0 Å². The molecule has 4 N–H and O–H groups in total. The molecule has 0 bridgehead atoms. The lowest BCUT2D eigenvalue weighted by molar-refractivity contribution is -0.119. The van der Waals surface area contributed by atoms with Crippen molar-refractivity contribution in [2.75, 3.05) is 12.3 Å². The molecule has 2 atom stereocenters. The topological polar surface area (TPSA) is 82.8 Å². The molecule has 0 aromatic carbocycles. The van der Waals surface area contributed by atoms with Gasteiger partial charge in [0.25, 0.3) is 0 Å². The highest BCUT2D eigenvalue weighted by Gasteiger charge is 2.40. The van der Waals surface area contributed by atoms with Gasteiger partial charge < -0.3 is 16.5 Å². The van der Waals surface area contributed by atoms with E-state index in [0.29, 0.717) is 6.54 Å². The van der Waals surface area contributed by atoms with Crippen molar-refractivity contribution >= 4 is 35.2 Å². The van der Waals surface area contributed by atoms with Crippen LogP contribution in [0.4, 0.5) is 0 Å². The Morgan fingerprint density at radius 1 is 1.82 bits per heavy atom. The molecule has 0 aromatic rings. The second-order valence-corrected chi connectivity index (χ2v) is 5.55. The average molecular weight is 273 g/mol. The van der Waals surface area contributed by atoms with Crippen LogP contribution in [-0.4, -0.2) is 39.9 Å². The number of nitrogens with two attached hydrogens (primary N) is 1. The number of primary amides is 1. The molecular formula is C9H15N5OS2. The molecule has 94 valence electrons. The fourth-order valence-corrected chi connectivity index (χ4v) is 3.22. The Balaban J connectivity index is 1.97. The van der Waals surface area contributed by atoms with E-state index in [1.807, 2.05) is 21.6 Å². The molecule has 0 aliphatic carbocycles. The molecule has 2 aliphatic rings. The first-order valence-electron chi connectivity index (χ1n) is 5.20. The second kappa shape index (κ2) is 5.30. The molecular weight excluding hydrogens is 258 g/mol. The molecule has 2 rings (SSSR count). The predicted octanol–water partition coefficient (Wildman–Crippen LogP) is -0.139. The van der Waals surface area contributed by atoms with Gasteiger partial charge in [-0.15, -0.1) is 16.2 Å². The SMILES string of the molecule is CC(NCC1(N2NC=CS2)CSC=N1)C(N)=O. The highest BCUT2D eigenvalue weighted by atomic mass is 32.2. The number of aliphatic imine (C=N–C) groups is 1. The third-order valence-electron chi connectivity index (χ3n) is 2.60. The molecule has 6 nitrogen and oxygen atoms in total. The van der Waals surface area contributed by atoms with Crippen molar-refractivity contribution < 1.29 is 4.79 Å². The van der Waals surface area contributed by atoms with Gasteiger partial charge in [-0.1, -0.05) is 0 Å². The van der Waals surface area contributed by atoms with E-state index in [4.69, 9.17) is 5.73 Å². The minimum Gasteiger partial charge on any atom is -0.368 e. The first-order valence-corrected chi connectivity index (χ1v) is 7.09. The minimum absolute atomic E-state index is 0.352. The number of carbonyl (C=O) groups is 1. The lowest BCUT2D eigenvalue weighted by atomic mass is 10.2. The first-order chi connectivity index (χ1) is 8.14. The van der Waals surface area contributed by atoms with Gasteiger partial charge in [0.05, 0.1) is 11.6 Å². The highest BCUT2D eigenvalue weighted by molar-refractivity contribution is 8.12. The summed E-state index contributed by atoms with van der Waals surface area (Å²) < 4.78 is 1.98. The molecule has 1 amide bonds. The quantitative estimate of drug-likeness (QED) is 0.605. The summed E-state index contributed by atoms with van der Waals surface area (Å²) in [6.07, 6.45) is 1.86. The van der Waals surface area contributed by atoms with Crippen molar-refractivity contribution in [3.8, 4) is 0 Å². The molecule has 0 saturated heterocycles. The van der Waals surface area contributed by atoms with Crippen LogP contribution in [0.25, 0.3) is 0 Å². The van der Waals surface area contributed by atoms with E-state index in [9.17, 15) is 4.79 Å². The van der Waals surface area contributed by atoms with Gasteiger partial charge in [-0.05, 0) is 18.9 Å². The smallest absolute Gasteiger partial charge is 0.234 e. The monoisotopic (exact) mass is 273 g/mol. The number of carbonyl (C=O) groups excluding carboxylic acids is 1. The van der Waals surface area contributed by atoms with Gasteiger partial charge in [0.2, 0.25) is 5.91 Å².